The minimum atomic E-state index is -4.50. The van der Waals surface area contributed by atoms with Gasteiger partial charge in [0.2, 0.25) is 0 Å². The lowest BCUT2D eigenvalue weighted by atomic mass is 9.88. The van der Waals surface area contributed by atoms with E-state index in [1.807, 2.05) is 0 Å². The van der Waals surface area contributed by atoms with Gasteiger partial charge in [-0.25, -0.2) is 4.39 Å². The number of rotatable bonds is 2. The van der Waals surface area contributed by atoms with E-state index in [1.54, 1.807) is 0 Å². The molecule has 0 bridgehead atoms. The maximum Gasteiger partial charge on any atom is 0.416 e. The van der Waals surface area contributed by atoms with E-state index in [0.717, 1.165) is 12.1 Å². The van der Waals surface area contributed by atoms with Crippen molar-refractivity contribution in [3.8, 4) is 0 Å². The zero-order chi connectivity index (χ0) is 12.7. The zero-order valence-electron chi connectivity index (χ0n) is 8.81. The number of alkyl halides is 3. The zero-order valence-corrected chi connectivity index (χ0v) is 8.81. The number of nitrogens with one attached hydrogen (secondary N) is 1. The molecule has 94 valence electrons. The van der Waals surface area contributed by atoms with Crippen LogP contribution in [0.3, 0.4) is 0 Å². The van der Waals surface area contributed by atoms with Crippen molar-refractivity contribution in [2.45, 2.75) is 18.2 Å². The van der Waals surface area contributed by atoms with Gasteiger partial charge in [0.25, 0.3) is 0 Å². The summed E-state index contributed by atoms with van der Waals surface area (Å²) in [6, 6.07) is 2.24. The van der Waals surface area contributed by atoms with Crippen molar-refractivity contribution in [2.24, 2.45) is 0 Å². The quantitative estimate of drug-likeness (QED) is 0.782. The predicted molar refractivity (Wildman–Crippen MR) is 52.9 cm³/mol. The van der Waals surface area contributed by atoms with Gasteiger partial charge in [-0.2, -0.15) is 13.2 Å². The second kappa shape index (κ2) is 3.96. The van der Waals surface area contributed by atoms with Crippen LogP contribution in [0.15, 0.2) is 18.2 Å². The molecule has 0 amide bonds. The molecule has 1 saturated heterocycles. The number of aliphatic hydroxyl groups is 1. The summed E-state index contributed by atoms with van der Waals surface area (Å²) in [6.45, 7) is 0.533. The van der Waals surface area contributed by atoms with Crippen molar-refractivity contribution < 1.29 is 22.7 Å². The first-order chi connectivity index (χ1) is 7.80. The molecule has 1 heterocycles. The van der Waals surface area contributed by atoms with E-state index >= 15 is 0 Å². The van der Waals surface area contributed by atoms with E-state index in [9.17, 15) is 22.7 Å². The second-order valence-corrected chi connectivity index (χ2v) is 4.31. The average molecular weight is 249 g/mol. The van der Waals surface area contributed by atoms with Gasteiger partial charge in [0, 0.05) is 19.5 Å². The molecular weight excluding hydrogens is 238 g/mol. The standard InChI is InChI=1S/C11H11F4NO/c12-9-2-1-8(11(13,14)15)3-7(9)4-10(17)5-16-6-10/h1-3,16-17H,4-6H2. The summed E-state index contributed by atoms with van der Waals surface area (Å²) in [5, 5.41) is 12.6. The summed E-state index contributed by atoms with van der Waals surface area (Å²) >= 11 is 0. The lowest BCUT2D eigenvalue weighted by molar-refractivity contribution is -0.137. The first kappa shape index (κ1) is 12.3. The molecule has 0 atom stereocenters. The fourth-order valence-electron chi connectivity index (χ4n) is 1.78. The summed E-state index contributed by atoms with van der Waals surface area (Å²) < 4.78 is 50.6. The van der Waals surface area contributed by atoms with Crippen LogP contribution in [-0.2, 0) is 12.6 Å². The molecule has 0 aliphatic carbocycles. The Morgan fingerprint density at radius 1 is 1.29 bits per heavy atom. The van der Waals surface area contributed by atoms with Gasteiger partial charge in [-0.3, -0.25) is 0 Å². The van der Waals surface area contributed by atoms with Crippen LogP contribution in [0.25, 0.3) is 0 Å². The number of β-amino-alcohol motifs (C(OH)–C–C–N with tert-alkyl or cyclic N) is 1. The molecule has 1 aromatic rings. The summed E-state index contributed by atoms with van der Waals surface area (Å²) in [5.74, 6) is -0.724. The van der Waals surface area contributed by atoms with Gasteiger partial charge in [-0.1, -0.05) is 0 Å². The fraction of sp³-hybridized carbons (Fsp3) is 0.455. The molecule has 1 aliphatic heterocycles. The second-order valence-electron chi connectivity index (χ2n) is 4.31. The van der Waals surface area contributed by atoms with Gasteiger partial charge < -0.3 is 10.4 Å². The van der Waals surface area contributed by atoms with Gasteiger partial charge in [0.1, 0.15) is 5.82 Å². The third-order valence-corrected chi connectivity index (χ3v) is 2.80. The summed E-state index contributed by atoms with van der Waals surface area (Å²) in [5.41, 5.74) is -2.14. The Kier molecular flexibility index (Phi) is 2.87. The fourth-order valence-corrected chi connectivity index (χ4v) is 1.78. The Hall–Kier alpha value is -1.14. The molecule has 0 radical (unpaired) electrons. The molecule has 1 aliphatic rings. The van der Waals surface area contributed by atoms with E-state index in [0.29, 0.717) is 6.07 Å². The van der Waals surface area contributed by atoms with E-state index < -0.39 is 23.2 Å². The molecule has 2 nitrogen and oxygen atoms in total. The Morgan fingerprint density at radius 2 is 1.94 bits per heavy atom. The molecule has 1 fully saturated rings. The van der Waals surface area contributed by atoms with Gasteiger partial charge in [0.15, 0.2) is 0 Å². The van der Waals surface area contributed by atoms with Crippen molar-refractivity contribution in [1.82, 2.24) is 5.32 Å². The number of hydrogen-bond acceptors (Lipinski definition) is 2. The lowest BCUT2D eigenvalue weighted by Crippen LogP contribution is -2.60. The molecular formula is C11H11F4NO. The van der Waals surface area contributed by atoms with Crippen LogP contribution >= 0.6 is 0 Å². The Bertz CT molecular complexity index is 426. The topological polar surface area (TPSA) is 32.3 Å². The summed E-state index contributed by atoms with van der Waals surface area (Å²) in [7, 11) is 0. The largest absolute Gasteiger partial charge is 0.416 e. The van der Waals surface area contributed by atoms with Crippen LogP contribution in [0.5, 0.6) is 0 Å². The highest BCUT2D eigenvalue weighted by Gasteiger charge is 2.36. The van der Waals surface area contributed by atoms with Crippen LogP contribution < -0.4 is 5.32 Å². The van der Waals surface area contributed by atoms with Gasteiger partial charge >= 0.3 is 6.18 Å². The van der Waals surface area contributed by atoms with Crippen LogP contribution in [0.1, 0.15) is 11.1 Å². The van der Waals surface area contributed by atoms with Crippen LogP contribution in [0, 0.1) is 5.82 Å². The first-order valence-electron chi connectivity index (χ1n) is 5.09. The van der Waals surface area contributed by atoms with Gasteiger partial charge in [0.05, 0.1) is 11.2 Å². The molecule has 2 N–H and O–H groups in total. The molecule has 1 aromatic carbocycles. The van der Waals surface area contributed by atoms with Crippen LogP contribution in [0.2, 0.25) is 0 Å². The highest BCUT2D eigenvalue weighted by Crippen LogP contribution is 2.31. The third-order valence-electron chi connectivity index (χ3n) is 2.80. The van der Waals surface area contributed by atoms with E-state index in [4.69, 9.17) is 0 Å². The van der Waals surface area contributed by atoms with Crippen molar-refractivity contribution in [1.29, 1.82) is 0 Å². The number of halogens is 4. The molecule has 0 saturated carbocycles. The Labute approximate surface area is 95.3 Å². The van der Waals surface area contributed by atoms with E-state index in [1.165, 1.54) is 0 Å². The number of benzene rings is 1. The molecule has 6 heteroatoms. The minimum Gasteiger partial charge on any atom is -0.387 e. The normalized spacial score (nSPS) is 18.9. The van der Waals surface area contributed by atoms with Crippen molar-refractivity contribution >= 4 is 0 Å². The van der Waals surface area contributed by atoms with Crippen LogP contribution in [0.4, 0.5) is 17.6 Å². The highest BCUT2D eigenvalue weighted by molar-refractivity contribution is 5.29. The summed E-state index contributed by atoms with van der Waals surface area (Å²) in [6.07, 6.45) is -4.61. The van der Waals surface area contributed by atoms with E-state index in [2.05, 4.69) is 5.32 Å². The SMILES string of the molecule is OC1(Cc2cc(C(F)(F)F)ccc2F)CNC1. The molecule has 2 rings (SSSR count). The lowest BCUT2D eigenvalue weighted by Gasteiger charge is -2.37. The molecule has 0 aromatic heterocycles. The molecule has 0 spiro atoms. The Balaban J connectivity index is 2.26. The summed E-state index contributed by atoms with van der Waals surface area (Å²) in [4.78, 5) is 0. The smallest absolute Gasteiger partial charge is 0.387 e. The minimum absolute atomic E-state index is 0.108. The van der Waals surface area contributed by atoms with E-state index in [-0.39, 0.29) is 25.1 Å². The highest BCUT2D eigenvalue weighted by atomic mass is 19.4. The van der Waals surface area contributed by atoms with Gasteiger partial charge in [-0.15, -0.1) is 0 Å². The molecule has 17 heavy (non-hydrogen) atoms. The van der Waals surface area contributed by atoms with Crippen LogP contribution in [-0.4, -0.2) is 23.8 Å². The van der Waals surface area contributed by atoms with Crippen molar-refractivity contribution in [2.75, 3.05) is 13.1 Å². The molecule has 0 unspecified atom stereocenters. The van der Waals surface area contributed by atoms with Gasteiger partial charge in [-0.05, 0) is 23.8 Å². The third kappa shape index (κ3) is 2.58. The number of hydrogen-bond donors (Lipinski definition) is 2. The monoisotopic (exact) mass is 249 g/mol. The maximum atomic E-state index is 13.3. The average Bonchev–Trinajstić information content (AvgIpc) is 2.17. The van der Waals surface area contributed by atoms with Crippen molar-refractivity contribution in [3.63, 3.8) is 0 Å². The van der Waals surface area contributed by atoms with Crippen molar-refractivity contribution in [3.05, 3.63) is 35.1 Å². The maximum absolute atomic E-state index is 13.3. The first-order valence-corrected chi connectivity index (χ1v) is 5.09. The Morgan fingerprint density at radius 3 is 2.41 bits per heavy atom. The predicted octanol–water partition coefficient (Wildman–Crippen LogP) is 1.72.